The highest BCUT2D eigenvalue weighted by atomic mass is 32.2. The first-order chi connectivity index (χ1) is 14.7. The van der Waals surface area contributed by atoms with Crippen molar-refractivity contribution in [3.8, 4) is 5.75 Å². The lowest BCUT2D eigenvalue weighted by Gasteiger charge is -2.22. The fourth-order valence-corrected chi connectivity index (χ4v) is 4.88. The molecule has 1 aliphatic carbocycles. The van der Waals surface area contributed by atoms with Crippen molar-refractivity contribution in [1.29, 1.82) is 0 Å². The van der Waals surface area contributed by atoms with Crippen LogP contribution in [0.4, 0.5) is 0 Å². The van der Waals surface area contributed by atoms with Gasteiger partial charge in [0.2, 0.25) is 10.0 Å². The van der Waals surface area contributed by atoms with Crippen LogP contribution in [-0.4, -0.2) is 46.1 Å². The van der Waals surface area contributed by atoms with Crippen LogP contribution >= 0.6 is 0 Å². The first-order valence-electron chi connectivity index (χ1n) is 10.9. The minimum Gasteiger partial charge on any atom is -0.497 e. The van der Waals surface area contributed by atoms with Crippen molar-refractivity contribution in [1.82, 2.24) is 10.0 Å². The zero-order valence-corrected chi connectivity index (χ0v) is 19.4. The van der Waals surface area contributed by atoms with E-state index in [4.69, 9.17) is 9.47 Å². The number of rotatable bonds is 9. The SMILES string of the molecule is COc1ccc(S(=O)(=O)NC(C(=O)OCC(=O)NC2CCCCCCC2)C(C)C)cc1. The molecule has 0 radical (unpaired) electrons. The summed E-state index contributed by atoms with van der Waals surface area (Å²) in [6.45, 7) is 2.98. The highest BCUT2D eigenvalue weighted by Crippen LogP contribution is 2.18. The zero-order valence-electron chi connectivity index (χ0n) is 18.6. The van der Waals surface area contributed by atoms with E-state index in [2.05, 4.69) is 10.0 Å². The van der Waals surface area contributed by atoms with Gasteiger partial charge in [-0.2, -0.15) is 4.72 Å². The molecule has 1 atom stereocenters. The summed E-state index contributed by atoms with van der Waals surface area (Å²) in [5, 5.41) is 2.93. The Morgan fingerprint density at radius 2 is 1.61 bits per heavy atom. The van der Waals surface area contributed by atoms with E-state index < -0.39 is 28.6 Å². The maximum Gasteiger partial charge on any atom is 0.324 e. The average molecular weight is 455 g/mol. The van der Waals surface area contributed by atoms with E-state index in [9.17, 15) is 18.0 Å². The van der Waals surface area contributed by atoms with Crippen molar-refractivity contribution in [3.63, 3.8) is 0 Å². The number of sulfonamides is 1. The lowest BCUT2D eigenvalue weighted by molar-refractivity contribution is -0.151. The number of nitrogens with one attached hydrogen (secondary N) is 2. The summed E-state index contributed by atoms with van der Waals surface area (Å²) in [6.07, 6.45) is 7.59. The van der Waals surface area contributed by atoms with Gasteiger partial charge >= 0.3 is 5.97 Å². The van der Waals surface area contributed by atoms with Crippen LogP contribution < -0.4 is 14.8 Å². The number of hydrogen-bond acceptors (Lipinski definition) is 6. The largest absolute Gasteiger partial charge is 0.497 e. The molecule has 0 bridgehead atoms. The first-order valence-corrected chi connectivity index (χ1v) is 12.3. The summed E-state index contributed by atoms with van der Waals surface area (Å²) in [5.74, 6) is -0.984. The molecule has 1 aliphatic rings. The van der Waals surface area contributed by atoms with Gasteiger partial charge in [-0.05, 0) is 43.0 Å². The average Bonchev–Trinajstić information content (AvgIpc) is 2.72. The van der Waals surface area contributed by atoms with E-state index in [0.29, 0.717) is 5.75 Å². The summed E-state index contributed by atoms with van der Waals surface area (Å²) in [5.41, 5.74) is 0. The molecule has 0 saturated heterocycles. The summed E-state index contributed by atoms with van der Waals surface area (Å²) in [6, 6.07) is 4.83. The molecule has 8 nitrogen and oxygen atoms in total. The number of esters is 1. The number of ether oxygens (including phenoxy) is 2. The second kappa shape index (κ2) is 12.0. The fraction of sp³-hybridized carbons (Fsp3) is 0.636. The van der Waals surface area contributed by atoms with E-state index in [0.717, 1.165) is 25.7 Å². The Kier molecular flexibility index (Phi) is 9.77. The molecule has 0 heterocycles. The Morgan fingerprint density at radius 3 is 2.16 bits per heavy atom. The number of carbonyl (C=O) groups excluding carboxylic acids is 2. The van der Waals surface area contributed by atoms with Crippen molar-refractivity contribution in [2.24, 2.45) is 5.92 Å². The van der Waals surface area contributed by atoms with Gasteiger partial charge in [-0.25, -0.2) is 8.42 Å². The highest BCUT2D eigenvalue weighted by Gasteiger charge is 2.30. The molecular formula is C22H34N2O6S. The van der Waals surface area contributed by atoms with Crippen molar-refractivity contribution < 1.29 is 27.5 Å². The van der Waals surface area contributed by atoms with Crippen LogP contribution in [0.25, 0.3) is 0 Å². The smallest absolute Gasteiger partial charge is 0.324 e. The summed E-state index contributed by atoms with van der Waals surface area (Å²) >= 11 is 0. The van der Waals surface area contributed by atoms with Crippen LogP contribution in [0, 0.1) is 5.92 Å². The second-order valence-electron chi connectivity index (χ2n) is 8.24. The predicted molar refractivity (Wildman–Crippen MR) is 117 cm³/mol. The Bertz CT molecular complexity index is 815. The Morgan fingerprint density at radius 1 is 1.03 bits per heavy atom. The maximum atomic E-state index is 12.7. The topological polar surface area (TPSA) is 111 Å². The van der Waals surface area contributed by atoms with E-state index in [1.54, 1.807) is 13.8 Å². The Balaban J connectivity index is 1.92. The van der Waals surface area contributed by atoms with Crippen LogP contribution in [-0.2, 0) is 24.3 Å². The van der Waals surface area contributed by atoms with Crippen molar-refractivity contribution in [3.05, 3.63) is 24.3 Å². The molecule has 1 saturated carbocycles. The minimum atomic E-state index is -3.95. The monoisotopic (exact) mass is 454 g/mol. The molecule has 0 spiro atoms. The third-order valence-electron chi connectivity index (χ3n) is 5.39. The standard InChI is InChI=1S/C22H34N2O6S/c1-16(2)21(24-31(27,28)19-13-11-18(29-3)12-14-19)22(26)30-15-20(25)23-17-9-7-5-4-6-8-10-17/h11-14,16-17,21,24H,4-10,15H2,1-3H3,(H,23,25). The molecule has 9 heteroatoms. The van der Waals surface area contributed by atoms with Crippen LogP contribution in [0.15, 0.2) is 29.2 Å². The van der Waals surface area contributed by atoms with Gasteiger partial charge in [-0.3, -0.25) is 9.59 Å². The molecule has 0 aliphatic heterocycles. The van der Waals surface area contributed by atoms with Gasteiger partial charge in [0.1, 0.15) is 11.8 Å². The van der Waals surface area contributed by atoms with Gasteiger partial charge in [0.05, 0.1) is 12.0 Å². The number of benzene rings is 1. The van der Waals surface area contributed by atoms with E-state index in [1.807, 2.05) is 0 Å². The molecule has 1 aromatic carbocycles. The van der Waals surface area contributed by atoms with Crippen LogP contribution in [0.3, 0.4) is 0 Å². The van der Waals surface area contributed by atoms with Gasteiger partial charge in [-0.1, -0.05) is 46.0 Å². The highest BCUT2D eigenvalue weighted by molar-refractivity contribution is 7.89. The molecule has 0 aromatic heterocycles. The number of amides is 1. The number of carbonyl (C=O) groups is 2. The van der Waals surface area contributed by atoms with Crippen LogP contribution in [0.2, 0.25) is 0 Å². The molecule has 2 rings (SSSR count). The Hall–Kier alpha value is -2.13. The molecular weight excluding hydrogens is 420 g/mol. The number of methoxy groups -OCH3 is 1. The lowest BCUT2D eigenvalue weighted by atomic mass is 9.97. The van der Waals surface area contributed by atoms with E-state index >= 15 is 0 Å². The minimum absolute atomic E-state index is 0.00812. The molecule has 1 aromatic rings. The zero-order chi connectivity index (χ0) is 22.9. The number of hydrogen-bond donors (Lipinski definition) is 2. The summed E-state index contributed by atoms with van der Waals surface area (Å²) < 4.78 is 37.9. The van der Waals surface area contributed by atoms with Crippen LogP contribution in [0.5, 0.6) is 5.75 Å². The van der Waals surface area contributed by atoms with Gasteiger partial charge in [0.15, 0.2) is 6.61 Å². The molecule has 2 N–H and O–H groups in total. The quantitative estimate of drug-likeness (QED) is 0.555. The Labute approximate surface area is 185 Å². The third-order valence-corrected chi connectivity index (χ3v) is 6.85. The molecule has 1 amide bonds. The first kappa shape index (κ1) is 25.1. The third kappa shape index (κ3) is 8.14. The van der Waals surface area contributed by atoms with Gasteiger partial charge in [0.25, 0.3) is 5.91 Å². The van der Waals surface area contributed by atoms with Crippen molar-refractivity contribution in [2.75, 3.05) is 13.7 Å². The molecule has 1 unspecified atom stereocenters. The predicted octanol–water partition coefficient (Wildman–Crippen LogP) is 2.77. The van der Waals surface area contributed by atoms with E-state index in [1.165, 1.54) is 50.6 Å². The fourth-order valence-electron chi connectivity index (χ4n) is 3.54. The second-order valence-corrected chi connectivity index (χ2v) is 9.95. The van der Waals surface area contributed by atoms with Gasteiger partial charge < -0.3 is 14.8 Å². The van der Waals surface area contributed by atoms with Gasteiger partial charge in [0, 0.05) is 6.04 Å². The maximum absolute atomic E-state index is 12.7. The summed E-state index contributed by atoms with van der Waals surface area (Å²) in [4.78, 5) is 24.8. The normalized spacial score (nSPS) is 16.8. The molecule has 174 valence electrons. The molecule has 31 heavy (non-hydrogen) atoms. The van der Waals surface area contributed by atoms with E-state index in [-0.39, 0.29) is 22.8 Å². The van der Waals surface area contributed by atoms with Crippen LogP contribution in [0.1, 0.15) is 58.8 Å². The molecule has 1 fully saturated rings. The summed E-state index contributed by atoms with van der Waals surface area (Å²) in [7, 11) is -2.46. The van der Waals surface area contributed by atoms with Gasteiger partial charge in [-0.15, -0.1) is 0 Å². The van der Waals surface area contributed by atoms with Crippen molar-refractivity contribution in [2.45, 2.75) is 75.8 Å². The lowest BCUT2D eigenvalue weighted by Crippen LogP contribution is -2.46. The van der Waals surface area contributed by atoms with Crippen molar-refractivity contribution >= 4 is 21.9 Å².